The maximum absolute atomic E-state index is 11.8. The lowest BCUT2D eigenvalue weighted by Crippen LogP contribution is -2.28. The van der Waals surface area contributed by atoms with E-state index < -0.39 is 11.2 Å². The molecule has 0 fully saturated rings. The zero-order valence-electron chi connectivity index (χ0n) is 10.8. The van der Waals surface area contributed by atoms with Crippen LogP contribution < -0.4 is 11.2 Å². The van der Waals surface area contributed by atoms with Crippen molar-refractivity contribution in [1.82, 2.24) is 19.5 Å². The van der Waals surface area contributed by atoms with Crippen LogP contribution in [-0.2, 0) is 4.79 Å². The summed E-state index contributed by atoms with van der Waals surface area (Å²) in [4.78, 5) is 44.3. The topological polar surface area (TPSA) is 97.7 Å². The summed E-state index contributed by atoms with van der Waals surface area (Å²) in [6.07, 6.45) is 0.521. The fraction of sp³-hybridized carbons (Fsp3) is 0.154. The normalized spacial score (nSPS) is 11.1. The van der Waals surface area contributed by atoms with E-state index in [2.05, 4.69) is 9.97 Å². The first-order valence-corrected chi connectivity index (χ1v) is 5.90. The lowest BCUT2D eigenvalue weighted by molar-refractivity contribution is 0.548. The lowest BCUT2D eigenvalue weighted by atomic mass is 10.1. The minimum absolute atomic E-state index is 0.0348. The van der Waals surface area contributed by atoms with Crippen LogP contribution in [0.25, 0.3) is 22.6 Å². The first-order chi connectivity index (χ1) is 9.51. The minimum Gasteiger partial charge on any atom is -0.278 e. The molecule has 0 aromatic heterocycles. The molecule has 7 heteroatoms. The number of aromatic amines is 1. The Kier molecular flexibility index (Phi) is 2.50. The van der Waals surface area contributed by atoms with E-state index in [-0.39, 0.29) is 11.5 Å². The second-order valence-electron chi connectivity index (χ2n) is 4.56. The number of carbonyl (C=O) groups is 1. The number of aromatic nitrogens is 4. The Morgan fingerprint density at radius 1 is 1.15 bits per heavy atom. The monoisotopic (exact) mass is 270 g/mol. The van der Waals surface area contributed by atoms with Gasteiger partial charge in [0.2, 0.25) is 6.41 Å². The highest BCUT2D eigenvalue weighted by Crippen LogP contribution is 2.22. The molecule has 0 saturated carbocycles. The number of carbonyl (C=O) groups excluding carboxylic acids is 1. The van der Waals surface area contributed by atoms with Crippen molar-refractivity contribution in [2.75, 3.05) is 0 Å². The van der Waals surface area contributed by atoms with Crippen LogP contribution in [0.4, 0.5) is 0 Å². The molecule has 0 radical (unpaired) electrons. The van der Waals surface area contributed by atoms with Gasteiger partial charge < -0.3 is 0 Å². The summed E-state index contributed by atoms with van der Waals surface area (Å²) in [6, 6.07) is 3.56. The molecule has 2 heterocycles. The quantitative estimate of drug-likeness (QED) is 0.504. The molecule has 1 aromatic rings. The highest BCUT2D eigenvalue weighted by atomic mass is 16.2. The molecule has 0 unspecified atom stereocenters. The average Bonchev–Trinajstić information content (AvgIpc) is 2.39. The van der Waals surface area contributed by atoms with Crippen LogP contribution in [0.3, 0.4) is 0 Å². The molecule has 0 saturated heterocycles. The maximum atomic E-state index is 11.8. The minimum atomic E-state index is -0.803. The SMILES string of the molecule is Cc1cc2nc3c(=O)[nH]c(=O)nc-3n(C=O)c2cc1C. The van der Waals surface area contributed by atoms with Gasteiger partial charge in [-0.25, -0.2) is 9.78 Å². The van der Waals surface area contributed by atoms with E-state index >= 15 is 0 Å². The number of aryl methyl sites for hydroxylation is 2. The predicted molar refractivity (Wildman–Crippen MR) is 72.7 cm³/mol. The third kappa shape index (κ3) is 1.63. The van der Waals surface area contributed by atoms with Gasteiger partial charge in [0.25, 0.3) is 5.56 Å². The van der Waals surface area contributed by atoms with Gasteiger partial charge in [-0.3, -0.25) is 19.1 Å². The van der Waals surface area contributed by atoms with E-state index in [0.29, 0.717) is 17.4 Å². The zero-order chi connectivity index (χ0) is 14.4. The zero-order valence-corrected chi connectivity index (χ0v) is 10.8. The third-order valence-corrected chi connectivity index (χ3v) is 3.27. The third-order valence-electron chi connectivity index (χ3n) is 3.27. The van der Waals surface area contributed by atoms with Crippen LogP contribution in [0.15, 0.2) is 21.7 Å². The van der Waals surface area contributed by atoms with Crippen molar-refractivity contribution in [1.29, 1.82) is 0 Å². The molecule has 20 heavy (non-hydrogen) atoms. The van der Waals surface area contributed by atoms with Crippen LogP contribution >= 0.6 is 0 Å². The fourth-order valence-corrected chi connectivity index (χ4v) is 2.11. The van der Waals surface area contributed by atoms with E-state index in [1.165, 1.54) is 4.57 Å². The summed E-state index contributed by atoms with van der Waals surface area (Å²) < 4.78 is 1.17. The van der Waals surface area contributed by atoms with E-state index in [4.69, 9.17) is 0 Å². The second-order valence-corrected chi connectivity index (χ2v) is 4.56. The first kappa shape index (κ1) is 12.2. The van der Waals surface area contributed by atoms with E-state index in [0.717, 1.165) is 11.1 Å². The number of H-pyrrole nitrogens is 1. The molecule has 0 amide bonds. The molecule has 0 bridgehead atoms. The Labute approximate surface area is 112 Å². The van der Waals surface area contributed by atoms with Crippen molar-refractivity contribution >= 4 is 17.4 Å². The Hall–Kier alpha value is -2.83. The summed E-state index contributed by atoms with van der Waals surface area (Å²) in [7, 11) is 0. The van der Waals surface area contributed by atoms with Crippen LogP contribution in [-0.4, -0.2) is 25.9 Å². The number of hydrogen-bond acceptors (Lipinski definition) is 5. The summed E-state index contributed by atoms with van der Waals surface area (Å²) in [5.74, 6) is -0.0375. The Bertz CT molecular complexity index is 939. The van der Waals surface area contributed by atoms with Gasteiger partial charge in [-0.05, 0) is 37.1 Å². The molecule has 0 atom stereocenters. The predicted octanol–water partition coefficient (Wildman–Crippen LogP) is 0.240. The Morgan fingerprint density at radius 3 is 2.55 bits per heavy atom. The molecule has 1 N–H and O–H groups in total. The Balaban J connectivity index is 2.64. The number of nitrogens with zero attached hydrogens (tertiary/aromatic N) is 3. The standard InChI is InChI=1S/C13H10N4O3/c1-6-3-8-9(4-7(6)2)17(5-18)11-10(14-8)12(19)16-13(20)15-11/h3-5H,1-2H3,(H,16,19,20). The van der Waals surface area contributed by atoms with Crippen LogP contribution in [0.1, 0.15) is 11.1 Å². The van der Waals surface area contributed by atoms with Gasteiger partial charge in [-0.2, -0.15) is 4.98 Å². The molecule has 0 aliphatic carbocycles. The van der Waals surface area contributed by atoms with Crippen molar-refractivity contribution in [2.24, 2.45) is 0 Å². The molecule has 0 spiro atoms. The number of nitrogens with one attached hydrogen (secondary N) is 1. The molecular formula is C13H10N4O3. The molecule has 3 rings (SSSR count). The van der Waals surface area contributed by atoms with E-state index in [1.54, 1.807) is 12.1 Å². The van der Waals surface area contributed by atoms with Gasteiger partial charge in [0.05, 0.1) is 11.0 Å². The van der Waals surface area contributed by atoms with E-state index in [9.17, 15) is 14.4 Å². The molecule has 100 valence electrons. The molecule has 7 nitrogen and oxygen atoms in total. The number of benzene rings is 1. The summed E-state index contributed by atoms with van der Waals surface area (Å²) in [6.45, 7) is 3.81. The number of fused-ring (bicyclic) bond motifs is 2. The highest BCUT2D eigenvalue weighted by Gasteiger charge is 2.18. The lowest BCUT2D eigenvalue weighted by Gasteiger charge is -2.12. The molecule has 1 aromatic carbocycles. The summed E-state index contributed by atoms with van der Waals surface area (Å²) in [5.41, 5.74) is 1.48. The van der Waals surface area contributed by atoms with Gasteiger partial charge in [-0.15, -0.1) is 0 Å². The second kappa shape index (κ2) is 4.09. The van der Waals surface area contributed by atoms with E-state index in [1.807, 2.05) is 18.8 Å². The number of hydrogen-bond donors (Lipinski definition) is 1. The van der Waals surface area contributed by atoms with Gasteiger partial charge in [0.1, 0.15) is 0 Å². The average molecular weight is 270 g/mol. The maximum Gasteiger partial charge on any atom is 0.349 e. The molecule has 2 aliphatic heterocycles. The first-order valence-electron chi connectivity index (χ1n) is 5.90. The van der Waals surface area contributed by atoms with Crippen molar-refractivity contribution in [3.05, 3.63) is 44.1 Å². The van der Waals surface area contributed by atoms with Gasteiger partial charge >= 0.3 is 5.69 Å². The van der Waals surface area contributed by atoms with Crippen LogP contribution in [0.5, 0.6) is 0 Å². The fourth-order valence-electron chi connectivity index (χ4n) is 2.11. The molecule has 2 aliphatic rings. The molecular weight excluding hydrogens is 260 g/mol. The van der Waals surface area contributed by atoms with Crippen molar-refractivity contribution in [2.45, 2.75) is 13.8 Å². The highest BCUT2D eigenvalue weighted by molar-refractivity contribution is 5.87. The van der Waals surface area contributed by atoms with Gasteiger partial charge in [0, 0.05) is 0 Å². The number of rotatable bonds is 1. The summed E-state index contributed by atoms with van der Waals surface area (Å²) in [5, 5.41) is 0. The van der Waals surface area contributed by atoms with Crippen molar-refractivity contribution in [3.63, 3.8) is 0 Å². The van der Waals surface area contributed by atoms with Gasteiger partial charge in [0.15, 0.2) is 11.5 Å². The summed E-state index contributed by atoms with van der Waals surface area (Å²) >= 11 is 0. The van der Waals surface area contributed by atoms with Gasteiger partial charge in [-0.1, -0.05) is 0 Å². The largest absolute Gasteiger partial charge is 0.349 e. The van der Waals surface area contributed by atoms with Crippen molar-refractivity contribution < 1.29 is 4.79 Å². The smallest absolute Gasteiger partial charge is 0.278 e. The Morgan fingerprint density at radius 2 is 1.85 bits per heavy atom. The van der Waals surface area contributed by atoms with Crippen LogP contribution in [0, 0.1) is 13.8 Å². The van der Waals surface area contributed by atoms with Crippen molar-refractivity contribution in [3.8, 4) is 11.5 Å². The van der Waals surface area contributed by atoms with Crippen LogP contribution in [0.2, 0.25) is 0 Å².